The van der Waals surface area contributed by atoms with Gasteiger partial charge >= 0.3 is 18.4 Å². The lowest BCUT2D eigenvalue weighted by molar-refractivity contribution is -0.160. The van der Waals surface area contributed by atoms with Crippen molar-refractivity contribution in [1.29, 1.82) is 0 Å². The Morgan fingerprint density at radius 3 is 2.00 bits per heavy atom. The summed E-state index contributed by atoms with van der Waals surface area (Å²) >= 11 is 5.44. The Morgan fingerprint density at radius 1 is 1.16 bits per heavy atom. The van der Waals surface area contributed by atoms with Crippen molar-refractivity contribution in [1.82, 2.24) is 3.82 Å². The summed E-state index contributed by atoms with van der Waals surface area (Å²) in [5, 5.41) is 0. The van der Waals surface area contributed by atoms with Crippen molar-refractivity contribution in [2.75, 3.05) is 24.9 Å². The van der Waals surface area contributed by atoms with E-state index in [1.165, 1.54) is 12.5 Å². The molecule has 0 aliphatic heterocycles. The highest BCUT2D eigenvalue weighted by atomic mass is 35.5. The Kier molecular flexibility index (Phi) is 6.12. The number of alkyl halides is 6. The number of ether oxygens (including phenoxy) is 1. The van der Waals surface area contributed by atoms with Crippen molar-refractivity contribution in [2.24, 2.45) is 0 Å². The maximum absolute atomic E-state index is 12.0. The molecule has 1 amide bonds. The van der Waals surface area contributed by atoms with E-state index in [2.05, 4.69) is 4.74 Å². The highest BCUT2D eigenvalue weighted by Gasteiger charge is 2.36. The SMILES string of the molecule is CS(C)(CCC(F)(F)F)N(Cl)C(=O)OCC(F)(F)F. The molecular formula is C8H12ClF6NO2S. The van der Waals surface area contributed by atoms with E-state index in [0.717, 1.165) is 0 Å². The molecule has 0 N–H and O–H groups in total. The number of amides is 1. The summed E-state index contributed by atoms with van der Waals surface area (Å²) < 4.78 is 75.7. The summed E-state index contributed by atoms with van der Waals surface area (Å²) in [5.74, 6) is -0.485. The first-order chi connectivity index (χ1) is 8.25. The monoisotopic (exact) mass is 335 g/mol. The largest absolute Gasteiger partial charge is 0.438 e. The molecule has 0 heterocycles. The third kappa shape index (κ3) is 8.30. The molecule has 0 unspecified atom stereocenters. The fraction of sp³-hybridized carbons (Fsp3) is 0.875. The van der Waals surface area contributed by atoms with Crippen LogP contribution in [-0.2, 0) is 4.74 Å². The van der Waals surface area contributed by atoms with Gasteiger partial charge in [0, 0.05) is 17.5 Å². The maximum Gasteiger partial charge on any atom is 0.433 e. The predicted molar refractivity (Wildman–Crippen MR) is 60.1 cm³/mol. The van der Waals surface area contributed by atoms with Crippen molar-refractivity contribution >= 4 is 28.1 Å². The summed E-state index contributed by atoms with van der Waals surface area (Å²) in [6, 6.07) is 0. The lowest BCUT2D eigenvalue weighted by atomic mass is 10.5. The van der Waals surface area contributed by atoms with Crippen LogP contribution in [0.15, 0.2) is 0 Å². The summed E-state index contributed by atoms with van der Waals surface area (Å²) in [7, 11) is -2.42. The summed E-state index contributed by atoms with van der Waals surface area (Å²) in [6.07, 6.45) is -9.33. The number of rotatable bonds is 4. The van der Waals surface area contributed by atoms with Gasteiger partial charge in [0.1, 0.15) is 0 Å². The van der Waals surface area contributed by atoms with Gasteiger partial charge in [-0.25, -0.2) is 4.79 Å². The van der Waals surface area contributed by atoms with Gasteiger partial charge in [-0.15, -0.1) is 10.2 Å². The van der Waals surface area contributed by atoms with Gasteiger partial charge in [-0.3, -0.25) is 0 Å². The van der Waals surface area contributed by atoms with E-state index in [1.54, 1.807) is 0 Å². The number of halogens is 7. The summed E-state index contributed by atoms with van der Waals surface area (Å²) in [4.78, 5) is 11.2. The third-order valence-electron chi connectivity index (χ3n) is 1.82. The van der Waals surface area contributed by atoms with Gasteiger partial charge in [0.05, 0.1) is 6.42 Å². The molecule has 0 aliphatic rings. The van der Waals surface area contributed by atoms with Crippen LogP contribution in [-0.4, -0.2) is 47.1 Å². The highest BCUT2D eigenvalue weighted by Crippen LogP contribution is 2.48. The molecule has 19 heavy (non-hydrogen) atoms. The number of hydrogen-bond donors (Lipinski definition) is 0. The molecule has 0 rings (SSSR count). The van der Waals surface area contributed by atoms with Crippen molar-refractivity contribution in [3.8, 4) is 0 Å². The van der Waals surface area contributed by atoms with Crippen LogP contribution in [0.1, 0.15) is 6.42 Å². The number of carbonyl (C=O) groups excluding carboxylic acids is 1. The molecule has 0 radical (unpaired) electrons. The zero-order valence-electron chi connectivity index (χ0n) is 9.94. The molecule has 0 atom stereocenters. The molecule has 0 aromatic heterocycles. The van der Waals surface area contributed by atoms with Gasteiger partial charge in [-0.1, -0.05) is 0 Å². The second-order valence-corrected chi connectivity index (χ2v) is 8.24. The average Bonchev–Trinajstić information content (AvgIpc) is 2.20. The topological polar surface area (TPSA) is 29.5 Å². The zero-order valence-corrected chi connectivity index (χ0v) is 11.5. The number of carbonyl (C=O) groups is 1. The standard InChI is InChI=1S/C8H12ClF6NO2S/c1-19(2,4-3-7(10,11)12)16(9)6(17)18-5-8(13,14)15/h3-5H2,1-2H3. The molecule has 3 nitrogen and oxygen atoms in total. The van der Waals surface area contributed by atoms with Crippen LogP contribution in [0, 0.1) is 0 Å². The van der Waals surface area contributed by atoms with Crippen LogP contribution in [0.4, 0.5) is 31.1 Å². The summed E-state index contributed by atoms with van der Waals surface area (Å²) in [6.45, 7) is -1.84. The third-order valence-corrected chi connectivity index (χ3v) is 5.30. The van der Waals surface area contributed by atoms with Crippen molar-refractivity contribution in [3.63, 3.8) is 0 Å². The zero-order chi connectivity index (χ0) is 15.5. The first-order valence-electron chi connectivity index (χ1n) is 4.72. The second kappa shape index (κ2) is 6.29. The first-order valence-corrected chi connectivity index (χ1v) is 7.63. The molecule has 0 bridgehead atoms. The van der Waals surface area contributed by atoms with Gasteiger partial charge in [-0.05, 0) is 12.5 Å². The fourth-order valence-corrected chi connectivity index (χ4v) is 2.45. The van der Waals surface area contributed by atoms with Crippen LogP contribution in [0.3, 0.4) is 0 Å². The molecule has 0 aromatic carbocycles. The molecular weight excluding hydrogens is 324 g/mol. The predicted octanol–water partition coefficient (Wildman–Crippen LogP) is 4.07. The lowest BCUT2D eigenvalue weighted by Gasteiger charge is -2.37. The Morgan fingerprint density at radius 2 is 1.63 bits per heavy atom. The van der Waals surface area contributed by atoms with Crippen molar-refractivity contribution < 1.29 is 35.9 Å². The minimum atomic E-state index is -4.72. The van der Waals surface area contributed by atoms with E-state index in [9.17, 15) is 31.1 Å². The van der Waals surface area contributed by atoms with Gasteiger partial charge in [0.2, 0.25) is 0 Å². The van der Waals surface area contributed by atoms with Gasteiger partial charge in [0.15, 0.2) is 6.61 Å². The fourth-order valence-electron chi connectivity index (χ4n) is 0.842. The second-order valence-electron chi connectivity index (χ2n) is 3.96. The molecule has 0 saturated heterocycles. The minimum Gasteiger partial charge on any atom is -0.438 e. The molecule has 0 saturated carbocycles. The van der Waals surface area contributed by atoms with E-state index in [4.69, 9.17) is 11.8 Å². The lowest BCUT2D eigenvalue weighted by Crippen LogP contribution is -2.31. The Hall–Kier alpha value is -0.510. The molecule has 0 fully saturated rings. The molecule has 0 aliphatic carbocycles. The molecule has 0 spiro atoms. The van der Waals surface area contributed by atoms with Gasteiger partial charge < -0.3 is 4.74 Å². The van der Waals surface area contributed by atoms with Crippen molar-refractivity contribution in [3.05, 3.63) is 0 Å². The quantitative estimate of drug-likeness (QED) is 0.572. The van der Waals surface area contributed by atoms with E-state index in [1.807, 2.05) is 0 Å². The molecule has 11 heteroatoms. The van der Waals surface area contributed by atoms with Crippen LogP contribution in [0.5, 0.6) is 0 Å². The number of hydrogen-bond acceptors (Lipinski definition) is 2. The van der Waals surface area contributed by atoms with Crippen LogP contribution < -0.4 is 0 Å². The smallest absolute Gasteiger partial charge is 0.433 e. The maximum atomic E-state index is 12.0. The van der Waals surface area contributed by atoms with E-state index < -0.39 is 47.4 Å². The highest BCUT2D eigenvalue weighted by molar-refractivity contribution is 8.31. The van der Waals surface area contributed by atoms with Gasteiger partial charge in [-0.2, -0.15) is 30.2 Å². The molecule has 116 valence electrons. The van der Waals surface area contributed by atoms with Crippen LogP contribution >= 0.6 is 22.0 Å². The summed E-state index contributed by atoms with van der Waals surface area (Å²) in [5.41, 5.74) is 0. The number of nitrogens with zero attached hydrogens (tertiary/aromatic N) is 1. The van der Waals surface area contributed by atoms with Crippen LogP contribution in [0.25, 0.3) is 0 Å². The molecule has 0 aromatic rings. The van der Waals surface area contributed by atoms with E-state index in [-0.39, 0.29) is 3.82 Å². The van der Waals surface area contributed by atoms with E-state index in [0.29, 0.717) is 0 Å². The van der Waals surface area contributed by atoms with E-state index >= 15 is 0 Å². The Bertz CT molecular complexity index is 319. The Balaban J connectivity index is 4.44. The average molecular weight is 336 g/mol. The van der Waals surface area contributed by atoms with Gasteiger partial charge in [0.25, 0.3) is 0 Å². The normalized spacial score (nSPS) is 14.2. The van der Waals surface area contributed by atoms with Crippen molar-refractivity contribution in [2.45, 2.75) is 18.8 Å². The van der Waals surface area contributed by atoms with Crippen LogP contribution in [0.2, 0.25) is 0 Å². The first kappa shape index (κ1) is 18.5. The minimum absolute atomic E-state index is 0.282. The Labute approximate surface area is 112 Å².